The molecule has 0 bridgehead atoms. The molecule has 0 fully saturated rings. The fourth-order valence-electron chi connectivity index (χ4n) is 1.09. The van der Waals surface area contributed by atoms with E-state index < -0.39 is 0 Å². The highest BCUT2D eigenvalue weighted by atomic mass is 79.9. The lowest BCUT2D eigenvalue weighted by Gasteiger charge is -2.14. The van der Waals surface area contributed by atoms with Crippen molar-refractivity contribution >= 4 is 27.9 Å². The molecule has 0 aliphatic rings. The smallest absolute Gasteiger partial charge is 0.274 e. The second kappa shape index (κ2) is 5.09. The third-order valence-corrected chi connectivity index (χ3v) is 2.71. The highest BCUT2D eigenvalue weighted by molar-refractivity contribution is 9.10. The minimum absolute atomic E-state index is 0.201. The van der Waals surface area contributed by atoms with E-state index in [0.717, 1.165) is 10.0 Å². The Hall–Kier alpha value is -1.13. The summed E-state index contributed by atoms with van der Waals surface area (Å²) in [5.41, 5.74) is 1.45. The van der Waals surface area contributed by atoms with E-state index in [0.29, 0.717) is 5.56 Å². The molecule has 0 aliphatic heterocycles. The summed E-state index contributed by atoms with van der Waals surface area (Å²) in [5.74, 6) is -0.201. The van der Waals surface area contributed by atoms with Gasteiger partial charge in [-0.25, -0.2) is 5.06 Å². The first kappa shape index (κ1) is 11.9. The second-order valence-electron chi connectivity index (χ2n) is 2.93. The first-order valence-electron chi connectivity index (χ1n) is 4.34. The Morgan fingerprint density at radius 1 is 1.60 bits per heavy atom. The number of amides is 1. The number of carbonyl (C=O) groups is 1. The zero-order valence-electron chi connectivity index (χ0n) is 8.66. The van der Waals surface area contributed by atoms with Crippen molar-refractivity contribution < 1.29 is 9.63 Å². The van der Waals surface area contributed by atoms with E-state index in [9.17, 15) is 4.79 Å². The average Bonchev–Trinajstić information content (AvgIpc) is 2.27. The van der Waals surface area contributed by atoms with Crippen LogP contribution in [-0.4, -0.2) is 25.1 Å². The van der Waals surface area contributed by atoms with Gasteiger partial charge in [0.2, 0.25) is 0 Å². The molecule has 15 heavy (non-hydrogen) atoms. The topological polar surface area (TPSA) is 29.5 Å². The molecule has 80 valence electrons. The van der Waals surface area contributed by atoms with Gasteiger partial charge in [-0.15, -0.1) is 0 Å². The maximum atomic E-state index is 11.8. The van der Waals surface area contributed by atoms with Crippen molar-refractivity contribution in [2.45, 2.75) is 0 Å². The molecular formula is C11H12BrNO2. The van der Waals surface area contributed by atoms with Crippen LogP contribution in [-0.2, 0) is 4.84 Å². The monoisotopic (exact) mass is 269 g/mol. The van der Waals surface area contributed by atoms with Gasteiger partial charge in [0.05, 0.1) is 12.7 Å². The summed E-state index contributed by atoms with van der Waals surface area (Å²) >= 11 is 3.32. The van der Waals surface area contributed by atoms with Gasteiger partial charge in [-0.2, -0.15) is 0 Å². The number of rotatable bonds is 3. The van der Waals surface area contributed by atoms with Crippen LogP contribution in [0.1, 0.15) is 15.9 Å². The van der Waals surface area contributed by atoms with Crippen LogP contribution in [0.25, 0.3) is 6.08 Å². The Bertz CT molecular complexity index is 390. The quantitative estimate of drug-likeness (QED) is 0.790. The Morgan fingerprint density at radius 3 is 2.80 bits per heavy atom. The van der Waals surface area contributed by atoms with Gasteiger partial charge < -0.3 is 0 Å². The maximum Gasteiger partial charge on any atom is 0.278 e. The Balaban J connectivity index is 3.12. The number of nitrogens with zero attached hydrogens (tertiary/aromatic N) is 1. The molecule has 0 unspecified atom stereocenters. The average molecular weight is 270 g/mol. The lowest BCUT2D eigenvalue weighted by molar-refractivity contribution is -0.0757. The molecule has 0 aliphatic carbocycles. The molecule has 0 radical (unpaired) electrons. The summed E-state index contributed by atoms with van der Waals surface area (Å²) in [6.07, 6.45) is 1.69. The normalized spacial score (nSPS) is 9.80. The molecule has 0 heterocycles. The van der Waals surface area contributed by atoms with Crippen LogP contribution in [0.3, 0.4) is 0 Å². The minimum Gasteiger partial charge on any atom is -0.274 e. The third kappa shape index (κ3) is 2.67. The molecule has 3 nitrogen and oxygen atoms in total. The summed E-state index contributed by atoms with van der Waals surface area (Å²) in [6.45, 7) is 3.65. The SMILES string of the molecule is C=Cc1ccc(Br)c(C(=O)N(C)OC)c1. The standard InChI is InChI=1S/C11H12BrNO2/c1-4-8-5-6-10(12)9(7-8)11(14)13(2)15-3/h4-7H,1H2,2-3H3. The van der Waals surface area contributed by atoms with Gasteiger partial charge >= 0.3 is 0 Å². The van der Waals surface area contributed by atoms with E-state index >= 15 is 0 Å². The molecule has 0 N–H and O–H groups in total. The number of halogens is 1. The number of hydrogen-bond acceptors (Lipinski definition) is 2. The fourth-order valence-corrected chi connectivity index (χ4v) is 1.50. The molecule has 0 spiro atoms. The molecule has 0 atom stereocenters. The van der Waals surface area contributed by atoms with Crippen LogP contribution in [0.4, 0.5) is 0 Å². The zero-order chi connectivity index (χ0) is 11.4. The van der Waals surface area contributed by atoms with Gasteiger partial charge in [-0.3, -0.25) is 9.63 Å². The molecule has 1 aromatic rings. The minimum atomic E-state index is -0.201. The number of hydrogen-bond donors (Lipinski definition) is 0. The summed E-state index contributed by atoms with van der Waals surface area (Å²) in [5, 5.41) is 1.17. The highest BCUT2D eigenvalue weighted by Gasteiger charge is 2.14. The zero-order valence-corrected chi connectivity index (χ0v) is 10.2. The van der Waals surface area contributed by atoms with Gasteiger partial charge in [0.1, 0.15) is 0 Å². The lowest BCUT2D eigenvalue weighted by Crippen LogP contribution is -2.25. The van der Waals surface area contributed by atoms with Crippen LogP contribution in [0.5, 0.6) is 0 Å². The maximum absolute atomic E-state index is 11.8. The van der Waals surface area contributed by atoms with Crippen molar-refractivity contribution in [2.24, 2.45) is 0 Å². The molecule has 4 heteroatoms. The van der Waals surface area contributed by atoms with Gasteiger partial charge in [0.15, 0.2) is 0 Å². The first-order valence-corrected chi connectivity index (χ1v) is 5.13. The predicted molar refractivity (Wildman–Crippen MR) is 63.3 cm³/mol. The number of hydroxylamine groups is 2. The van der Waals surface area contributed by atoms with Crippen molar-refractivity contribution in [3.05, 3.63) is 40.4 Å². The number of carbonyl (C=O) groups excluding carboxylic acids is 1. The van der Waals surface area contributed by atoms with E-state index in [-0.39, 0.29) is 5.91 Å². The van der Waals surface area contributed by atoms with Crippen molar-refractivity contribution in [3.8, 4) is 0 Å². The molecule has 1 rings (SSSR count). The van der Waals surface area contributed by atoms with Crippen LogP contribution < -0.4 is 0 Å². The van der Waals surface area contributed by atoms with Crippen molar-refractivity contribution in [3.63, 3.8) is 0 Å². The first-order chi connectivity index (χ1) is 7.10. The van der Waals surface area contributed by atoms with Gasteiger partial charge in [0, 0.05) is 11.5 Å². The van der Waals surface area contributed by atoms with Crippen LogP contribution in [0.2, 0.25) is 0 Å². The molecule has 0 saturated heterocycles. The summed E-state index contributed by atoms with van der Waals surface area (Å²) in [7, 11) is 3.01. The molecular weight excluding hydrogens is 258 g/mol. The Labute approximate surface area is 97.4 Å². The van der Waals surface area contributed by atoms with E-state index in [4.69, 9.17) is 4.84 Å². The predicted octanol–water partition coefficient (Wildman–Crippen LogP) is 2.73. The van der Waals surface area contributed by atoms with Gasteiger partial charge in [0.25, 0.3) is 5.91 Å². The summed E-state index contributed by atoms with van der Waals surface area (Å²) < 4.78 is 0.738. The van der Waals surface area contributed by atoms with E-state index in [1.807, 2.05) is 12.1 Å². The Kier molecular flexibility index (Phi) is 4.05. The molecule has 1 aromatic carbocycles. The second-order valence-corrected chi connectivity index (χ2v) is 3.78. The van der Waals surface area contributed by atoms with Gasteiger partial charge in [-0.1, -0.05) is 18.7 Å². The largest absolute Gasteiger partial charge is 0.278 e. The summed E-state index contributed by atoms with van der Waals surface area (Å²) in [4.78, 5) is 16.6. The van der Waals surface area contributed by atoms with Crippen LogP contribution in [0.15, 0.2) is 29.3 Å². The van der Waals surface area contributed by atoms with Crippen LogP contribution in [0, 0.1) is 0 Å². The summed E-state index contributed by atoms with van der Waals surface area (Å²) in [6, 6.07) is 5.45. The van der Waals surface area contributed by atoms with E-state index in [1.165, 1.54) is 12.2 Å². The van der Waals surface area contributed by atoms with Crippen LogP contribution >= 0.6 is 15.9 Å². The third-order valence-electron chi connectivity index (χ3n) is 2.02. The van der Waals surface area contributed by atoms with E-state index in [1.54, 1.807) is 19.2 Å². The van der Waals surface area contributed by atoms with E-state index in [2.05, 4.69) is 22.5 Å². The fraction of sp³-hybridized carbons (Fsp3) is 0.182. The van der Waals surface area contributed by atoms with Crippen molar-refractivity contribution in [1.82, 2.24) is 5.06 Å². The Morgan fingerprint density at radius 2 is 2.27 bits per heavy atom. The van der Waals surface area contributed by atoms with Crippen molar-refractivity contribution in [1.29, 1.82) is 0 Å². The molecule has 1 amide bonds. The number of benzene rings is 1. The van der Waals surface area contributed by atoms with Gasteiger partial charge in [-0.05, 0) is 33.6 Å². The van der Waals surface area contributed by atoms with Crippen molar-refractivity contribution in [2.75, 3.05) is 14.2 Å². The highest BCUT2D eigenvalue weighted by Crippen LogP contribution is 2.20. The molecule has 0 aromatic heterocycles. The lowest BCUT2D eigenvalue weighted by atomic mass is 10.1. The molecule has 0 saturated carbocycles.